The standard InChI is InChI=1S/C11H22N4O4/c12-6-2-1-3-7(13)10(17)15-8(11(18)19)4-5-9(14)16/h7-8H,1-6,12-13H2,(H2,14,16)(H,15,17)(H,18,19). The van der Waals surface area contributed by atoms with Crippen molar-refractivity contribution in [3.05, 3.63) is 0 Å². The molecule has 0 fully saturated rings. The van der Waals surface area contributed by atoms with E-state index in [1.54, 1.807) is 0 Å². The van der Waals surface area contributed by atoms with Crippen LogP contribution in [0.15, 0.2) is 0 Å². The van der Waals surface area contributed by atoms with Crippen LogP contribution in [-0.4, -0.2) is 41.5 Å². The van der Waals surface area contributed by atoms with E-state index < -0.39 is 29.9 Å². The third-order valence-electron chi connectivity index (χ3n) is 2.60. The quantitative estimate of drug-likeness (QED) is 0.297. The van der Waals surface area contributed by atoms with E-state index in [1.165, 1.54) is 0 Å². The Labute approximate surface area is 111 Å². The van der Waals surface area contributed by atoms with Gasteiger partial charge in [-0.15, -0.1) is 0 Å². The highest BCUT2D eigenvalue weighted by molar-refractivity contribution is 5.87. The van der Waals surface area contributed by atoms with Gasteiger partial charge in [-0.05, 0) is 25.8 Å². The predicted octanol–water partition coefficient (Wildman–Crippen LogP) is -1.72. The second-order valence-electron chi connectivity index (χ2n) is 4.30. The monoisotopic (exact) mass is 274 g/mol. The van der Waals surface area contributed by atoms with Gasteiger partial charge in [0.05, 0.1) is 6.04 Å². The number of primary amides is 1. The Morgan fingerprint density at radius 1 is 1.16 bits per heavy atom. The number of carbonyl (C=O) groups is 3. The van der Waals surface area contributed by atoms with Gasteiger partial charge in [0, 0.05) is 6.42 Å². The molecule has 2 amide bonds. The van der Waals surface area contributed by atoms with Crippen LogP contribution in [0, 0.1) is 0 Å². The molecule has 0 saturated heterocycles. The molecule has 2 unspecified atom stereocenters. The second kappa shape index (κ2) is 9.29. The van der Waals surface area contributed by atoms with Crippen molar-refractivity contribution in [2.24, 2.45) is 17.2 Å². The first-order chi connectivity index (χ1) is 8.88. The molecule has 0 saturated carbocycles. The van der Waals surface area contributed by atoms with E-state index in [-0.39, 0.29) is 12.8 Å². The lowest BCUT2D eigenvalue weighted by Crippen LogP contribution is -2.48. The topological polar surface area (TPSA) is 162 Å². The van der Waals surface area contributed by atoms with E-state index in [2.05, 4.69) is 5.32 Å². The van der Waals surface area contributed by atoms with Crippen LogP contribution in [0.5, 0.6) is 0 Å². The molecule has 0 radical (unpaired) electrons. The minimum Gasteiger partial charge on any atom is -0.480 e. The van der Waals surface area contributed by atoms with Gasteiger partial charge >= 0.3 is 5.97 Å². The van der Waals surface area contributed by atoms with E-state index >= 15 is 0 Å². The number of carbonyl (C=O) groups excluding carboxylic acids is 2. The summed E-state index contributed by atoms with van der Waals surface area (Å²) >= 11 is 0. The molecule has 8 nitrogen and oxygen atoms in total. The van der Waals surface area contributed by atoms with Gasteiger partial charge in [-0.1, -0.05) is 6.42 Å². The van der Waals surface area contributed by atoms with Crippen LogP contribution in [0.25, 0.3) is 0 Å². The number of unbranched alkanes of at least 4 members (excludes halogenated alkanes) is 1. The van der Waals surface area contributed by atoms with Crippen molar-refractivity contribution >= 4 is 17.8 Å². The van der Waals surface area contributed by atoms with Gasteiger partial charge < -0.3 is 27.6 Å². The van der Waals surface area contributed by atoms with Crippen LogP contribution >= 0.6 is 0 Å². The zero-order valence-corrected chi connectivity index (χ0v) is 10.8. The van der Waals surface area contributed by atoms with Gasteiger partial charge in [-0.25, -0.2) is 4.79 Å². The highest BCUT2D eigenvalue weighted by atomic mass is 16.4. The Morgan fingerprint density at radius 2 is 1.79 bits per heavy atom. The summed E-state index contributed by atoms with van der Waals surface area (Å²) in [5.41, 5.74) is 15.9. The first-order valence-electron chi connectivity index (χ1n) is 6.15. The van der Waals surface area contributed by atoms with Crippen molar-refractivity contribution in [3.63, 3.8) is 0 Å². The molecule has 0 aromatic carbocycles. The summed E-state index contributed by atoms with van der Waals surface area (Å²) in [6.45, 7) is 0.519. The van der Waals surface area contributed by atoms with Crippen LogP contribution in [-0.2, 0) is 14.4 Å². The predicted molar refractivity (Wildman–Crippen MR) is 68.9 cm³/mol. The zero-order chi connectivity index (χ0) is 14.8. The summed E-state index contributed by atoms with van der Waals surface area (Å²) in [4.78, 5) is 33.2. The molecule has 19 heavy (non-hydrogen) atoms. The molecule has 0 heterocycles. The molecule has 0 rings (SSSR count). The molecule has 0 aromatic heterocycles. The van der Waals surface area contributed by atoms with E-state index in [0.29, 0.717) is 19.4 Å². The number of hydrogen-bond acceptors (Lipinski definition) is 5. The number of carboxylic acid groups (broad SMARTS) is 1. The van der Waals surface area contributed by atoms with Crippen molar-refractivity contribution in [2.75, 3.05) is 6.54 Å². The maximum Gasteiger partial charge on any atom is 0.326 e. The van der Waals surface area contributed by atoms with Crippen LogP contribution in [0.1, 0.15) is 32.1 Å². The third-order valence-corrected chi connectivity index (χ3v) is 2.60. The molecule has 2 atom stereocenters. The Bertz CT molecular complexity index is 322. The Balaban J connectivity index is 4.22. The molecule has 0 aliphatic carbocycles. The lowest BCUT2D eigenvalue weighted by atomic mass is 10.1. The lowest BCUT2D eigenvalue weighted by Gasteiger charge is -2.17. The number of hydrogen-bond donors (Lipinski definition) is 5. The summed E-state index contributed by atoms with van der Waals surface area (Å²) in [5, 5.41) is 11.2. The van der Waals surface area contributed by atoms with Crippen LogP contribution in [0.3, 0.4) is 0 Å². The number of carboxylic acids is 1. The average molecular weight is 274 g/mol. The van der Waals surface area contributed by atoms with Crippen molar-refractivity contribution < 1.29 is 19.5 Å². The SMILES string of the molecule is NCCCCC(N)C(=O)NC(CCC(N)=O)C(=O)O. The van der Waals surface area contributed by atoms with Gasteiger partial charge in [0.25, 0.3) is 0 Å². The molecular formula is C11H22N4O4. The van der Waals surface area contributed by atoms with Crippen molar-refractivity contribution in [1.29, 1.82) is 0 Å². The normalized spacial score (nSPS) is 13.6. The number of amides is 2. The van der Waals surface area contributed by atoms with E-state index in [9.17, 15) is 14.4 Å². The highest BCUT2D eigenvalue weighted by Crippen LogP contribution is 2.01. The molecule has 110 valence electrons. The first kappa shape index (κ1) is 17.3. The molecular weight excluding hydrogens is 252 g/mol. The van der Waals surface area contributed by atoms with E-state index in [4.69, 9.17) is 22.3 Å². The Hall–Kier alpha value is -1.67. The summed E-state index contributed by atoms with van der Waals surface area (Å²) in [6.07, 6.45) is 1.73. The minimum atomic E-state index is -1.22. The van der Waals surface area contributed by atoms with Crippen LogP contribution in [0.4, 0.5) is 0 Å². The Morgan fingerprint density at radius 3 is 2.26 bits per heavy atom. The lowest BCUT2D eigenvalue weighted by molar-refractivity contribution is -0.142. The van der Waals surface area contributed by atoms with Crippen LogP contribution < -0.4 is 22.5 Å². The Kier molecular flexibility index (Phi) is 8.47. The van der Waals surface area contributed by atoms with Crippen molar-refractivity contribution in [1.82, 2.24) is 5.32 Å². The fraction of sp³-hybridized carbons (Fsp3) is 0.727. The number of aliphatic carboxylic acids is 1. The summed E-state index contributed by atoms with van der Waals surface area (Å²) in [6, 6.07) is -1.93. The molecule has 8 heteroatoms. The van der Waals surface area contributed by atoms with Crippen LogP contribution in [0.2, 0.25) is 0 Å². The van der Waals surface area contributed by atoms with Gasteiger partial charge in [-0.2, -0.15) is 0 Å². The molecule has 0 aromatic rings. The molecule has 0 aliphatic heterocycles. The average Bonchev–Trinajstić information content (AvgIpc) is 2.33. The first-order valence-corrected chi connectivity index (χ1v) is 6.15. The largest absolute Gasteiger partial charge is 0.480 e. The molecule has 0 aliphatic rings. The minimum absolute atomic E-state index is 0.0497. The summed E-state index contributed by atoms with van der Waals surface area (Å²) < 4.78 is 0. The number of nitrogens with one attached hydrogen (secondary N) is 1. The smallest absolute Gasteiger partial charge is 0.326 e. The van der Waals surface area contributed by atoms with E-state index in [0.717, 1.165) is 6.42 Å². The van der Waals surface area contributed by atoms with Crippen molar-refractivity contribution in [3.8, 4) is 0 Å². The van der Waals surface area contributed by atoms with Gasteiger partial charge in [-0.3, -0.25) is 9.59 Å². The third kappa shape index (κ3) is 8.11. The fourth-order valence-corrected chi connectivity index (χ4v) is 1.46. The summed E-state index contributed by atoms with van der Waals surface area (Å²) in [7, 11) is 0. The second-order valence-corrected chi connectivity index (χ2v) is 4.30. The number of rotatable bonds is 10. The molecule has 0 spiro atoms. The van der Waals surface area contributed by atoms with Gasteiger partial charge in [0.1, 0.15) is 6.04 Å². The van der Waals surface area contributed by atoms with Gasteiger partial charge in [0.2, 0.25) is 11.8 Å². The fourth-order valence-electron chi connectivity index (χ4n) is 1.46. The maximum absolute atomic E-state index is 11.6. The highest BCUT2D eigenvalue weighted by Gasteiger charge is 2.23. The van der Waals surface area contributed by atoms with Gasteiger partial charge in [0.15, 0.2) is 0 Å². The molecule has 0 bridgehead atoms. The van der Waals surface area contributed by atoms with E-state index in [1.807, 2.05) is 0 Å². The van der Waals surface area contributed by atoms with Crippen molar-refractivity contribution in [2.45, 2.75) is 44.2 Å². The number of nitrogens with two attached hydrogens (primary N) is 3. The maximum atomic E-state index is 11.6. The molecule has 8 N–H and O–H groups in total. The summed E-state index contributed by atoms with van der Waals surface area (Å²) in [5.74, 6) is -2.38. The zero-order valence-electron chi connectivity index (χ0n) is 10.8.